The van der Waals surface area contributed by atoms with Crippen LogP contribution in [0, 0.1) is 10.1 Å². The molecule has 3 aromatic carbocycles. The summed E-state index contributed by atoms with van der Waals surface area (Å²) in [5.41, 5.74) is 2.84. The number of thioether (sulfide) groups is 1. The summed E-state index contributed by atoms with van der Waals surface area (Å²) in [5, 5.41) is 14.8. The summed E-state index contributed by atoms with van der Waals surface area (Å²) in [4.78, 5) is 23.5. The first-order chi connectivity index (χ1) is 15.0. The lowest BCUT2D eigenvalue weighted by Crippen LogP contribution is -2.26. The monoisotopic (exact) mass is 452 g/mol. The van der Waals surface area contributed by atoms with Gasteiger partial charge in [0.25, 0.3) is 11.6 Å². The van der Waals surface area contributed by atoms with Gasteiger partial charge >= 0.3 is 0 Å². The van der Waals surface area contributed by atoms with Gasteiger partial charge in [0.05, 0.1) is 4.92 Å². The first kappa shape index (κ1) is 22.6. The molecule has 0 atom stereocenters. The molecule has 1 amide bonds. The van der Waals surface area contributed by atoms with Gasteiger partial charge in [-0.1, -0.05) is 72.3 Å². The molecule has 0 aliphatic heterocycles. The molecular weight excluding hydrogens is 432 g/mol. The quantitative estimate of drug-likeness (QED) is 0.145. The molecule has 0 unspecified atom stereocenters. The minimum atomic E-state index is -0.449. The lowest BCUT2D eigenvalue weighted by molar-refractivity contribution is -0.384. The van der Waals surface area contributed by atoms with Gasteiger partial charge in [0, 0.05) is 40.8 Å². The molecule has 0 aliphatic rings. The molecule has 0 spiro atoms. The summed E-state index contributed by atoms with van der Waals surface area (Å²) in [6.45, 7) is 0.493. The number of hydrogen-bond acceptors (Lipinski definition) is 4. The molecule has 3 aromatic rings. The number of rotatable bonds is 9. The van der Waals surface area contributed by atoms with Gasteiger partial charge in [-0.15, -0.1) is 0 Å². The van der Waals surface area contributed by atoms with E-state index in [0.29, 0.717) is 17.7 Å². The second-order valence-electron chi connectivity index (χ2n) is 6.68. The zero-order chi connectivity index (χ0) is 22.1. The van der Waals surface area contributed by atoms with Crippen LogP contribution in [0.25, 0.3) is 11.6 Å². The van der Waals surface area contributed by atoms with Crippen molar-refractivity contribution in [3.05, 3.63) is 111 Å². The van der Waals surface area contributed by atoms with Crippen LogP contribution in [0.4, 0.5) is 5.69 Å². The van der Waals surface area contributed by atoms with E-state index in [9.17, 15) is 14.9 Å². The third kappa shape index (κ3) is 6.70. The van der Waals surface area contributed by atoms with Gasteiger partial charge in [0.15, 0.2) is 0 Å². The van der Waals surface area contributed by atoms with Crippen molar-refractivity contribution in [2.75, 3.05) is 12.3 Å². The highest BCUT2D eigenvalue weighted by Gasteiger charge is 2.13. The number of nitro groups is 1. The predicted molar refractivity (Wildman–Crippen MR) is 128 cm³/mol. The number of nitro benzene ring substituents is 1. The van der Waals surface area contributed by atoms with Crippen molar-refractivity contribution in [2.24, 2.45) is 0 Å². The van der Waals surface area contributed by atoms with Crippen LogP contribution in [0.5, 0.6) is 0 Å². The molecule has 31 heavy (non-hydrogen) atoms. The minimum Gasteiger partial charge on any atom is -0.351 e. The average Bonchev–Trinajstić information content (AvgIpc) is 2.79. The van der Waals surface area contributed by atoms with Crippen LogP contribution >= 0.6 is 23.4 Å². The maximum atomic E-state index is 12.9. The standard InChI is InChI=1S/C24H21ClN2O3S/c25-23-12-5-4-10-20(23)17-31-14-13-26-24(28)22(19-8-2-1-3-9-19)16-18-7-6-11-21(15-18)27(29)30/h1-12,15-16H,13-14,17H2,(H,26,28)/b22-16+. The minimum absolute atomic E-state index is 0.0162. The number of hydrogen-bond donors (Lipinski definition) is 1. The molecule has 1 N–H and O–H groups in total. The molecule has 0 radical (unpaired) electrons. The number of carbonyl (C=O) groups excluding carboxylic acids is 1. The predicted octanol–water partition coefficient (Wildman–Crippen LogP) is 5.84. The van der Waals surface area contributed by atoms with Crippen molar-refractivity contribution in [3.8, 4) is 0 Å². The summed E-state index contributed by atoms with van der Waals surface area (Å²) in [5.74, 6) is 1.27. The molecule has 158 valence electrons. The maximum absolute atomic E-state index is 12.9. The Hall–Kier alpha value is -3.09. The zero-order valence-corrected chi connectivity index (χ0v) is 18.2. The van der Waals surface area contributed by atoms with Gasteiger partial charge in [-0.05, 0) is 28.8 Å². The molecule has 7 heteroatoms. The molecule has 0 bridgehead atoms. The van der Waals surface area contributed by atoms with E-state index in [2.05, 4.69) is 5.32 Å². The molecular formula is C24H21ClN2O3S. The van der Waals surface area contributed by atoms with Crippen LogP contribution in [-0.4, -0.2) is 23.1 Å². The summed E-state index contributed by atoms with van der Waals surface area (Å²) in [6, 6.07) is 23.2. The van der Waals surface area contributed by atoms with Crippen molar-refractivity contribution in [1.82, 2.24) is 5.32 Å². The Morgan fingerprint density at radius 3 is 2.52 bits per heavy atom. The van der Waals surface area contributed by atoms with Crippen LogP contribution in [-0.2, 0) is 10.5 Å². The second-order valence-corrected chi connectivity index (χ2v) is 8.19. The first-order valence-electron chi connectivity index (χ1n) is 9.65. The van der Waals surface area contributed by atoms with Crippen molar-refractivity contribution in [2.45, 2.75) is 5.75 Å². The van der Waals surface area contributed by atoms with E-state index in [4.69, 9.17) is 11.6 Å². The largest absolute Gasteiger partial charge is 0.351 e. The smallest absolute Gasteiger partial charge is 0.270 e. The normalized spacial score (nSPS) is 11.2. The highest BCUT2D eigenvalue weighted by molar-refractivity contribution is 7.98. The molecule has 0 aliphatic carbocycles. The number of benzene rings is 3. The molecule has 0 aromatic heterocycles. The number of nitrogens with zero attached hydrogens (tertiary/aromatic N) is 1. The number of halogens is 1. The molecule has 3 rings (SSSR count). The van der Waals surface area contributed by atoms with E-state index >= 15 is 0 Å². The number of carbonyl (C=O) groups is 1. The Kier molecular flexibility index (Phi) is 8.27. The zero-order valence-electron chi connectivity index (χ0n) is 16.7. The van der Waals surface area contributed by atoms with Crippen LogP contribution in [0.2, 0.25) is 5.02 Å². The molecule has 5 nitrogen and oxygen atoms in total. The third-order valence-electron chi connectivity index (χ3n) is 4.47. The van der Waals surface area contributed by atoms with Crippen molar-refractivity contribution in [1.29, 1.82) is 0 Å². The van der Waals surface area contributed by atoms with Gasteiger partial charge in [-0.2, -0.15) is 11.8 Å². The lowest BCUT2D eigenvalue weighted by atomic mass is 10.0. The fourth-order valence-electron chi connectivity index (χ4n) is 2.92. The van der Waals surface area contributed by atoms with Crippen LogP contribution in [0.15, 0.2) is 78.9 Å². The Bertz CT molecular complexity index is 1090. The summed E-state index contributed by atoms with van der Waals surface area (Å²) in [6.07, 6.45) is 1.68. The van der Waals surface area contributed by atoms with Crippen LogP contribution in [0.1, 0.15) is 16.7 Å². The van der Waals surface area contributed by atoms with E-state index in [-0.39, 0.29) is 11.6 Å². The second kappa shape index (κ2) is 11.3. The Morgan fingerprint density at radius 2 is 1.77 bits per heavy atom. The van der Waals surface area contributed by atoms with E-state index in [1.165, 1.54) is 12.1 Å². The van der Waals surface area contributed by atoms with Gasteiger partial charge in [-0.25, -0.2) is 0 Å². The topological polar surface area (TPSA) is 72.2 Å². The number of nitrogens with one attached hydrogen (secondary N) is 1. The van der Waals surface area contributed by atoms with Crippen LogP contribution < -0.4 is 5.32 Å². The van der Waals surface area contributed by atoms with E-state index in [0.717, 1.165) is 27.7 Å². The fraction of sp³-hybridized carbons (Fsp3) is 0.125. The first-order valence-corrected chi connectivity index (χ1v) is 11.2. The number of non-ortho nitro benzene ring substituents is 1. The molecule has 0 fully saturated rings. The molecule has 0 heterocycles. The van der Waals surface area contributed by atoms with Crippen molar-refractivity contribution in [3.63, 3.8) is 0 Å². The van der Waals surface area contributed by atoms with Gasteiger partial charge in [0.2, 0.25) is 0 Å². The SMILES string of the molecule is O=C(NCCSCc1ccccc1Cl)/C(=C/c1cccc([N+](=O)[O-])c1)c1ccccc1. The van der Waals surface area contributed by atoms with Crippen molar-refractivity contribution < 1.29 is 9.72 Å². The van der Waals surface area contributed by atoms with Gasteiger partial charge in [0.1, 0.15) is 0 Å². The third-order valence-corrected chi connectivity index (χ3v) is 5.85. The summed E-state index contributed by atoms with van der Waals surface area (Å²) < 4.78 is 0. The van der Waals surface area contributed by atoms with E-state index in [1.807, 2.05) is 54.6 Å². The Balaban J connectivity index is 1.67. The average molecular weight is 453 g/mol. The number of amides is 1. The Labute approximate surface area is 190 Å². The van der Waals surface area contributed by atoms with Crippen molar-refractivity contribution >= 4 is 46.6 Å². The molecule has 0 saturated carbocycles. The van der Waals surface area contributed by atoms with Crippen LogP contribution in [0.3, 0.4) is 0 Å². The Morgan fingerprint density at radius 1 is 1.03 bits per heavy atom. The van der Waals surface area contributed by atoms with E-state index < -0.39 is 4.92 Å². The highest BCUT2D eigenvalue weighted by atomic mass is 35.5. The van der Waals surface area contributed by atoms with E-state index in [1.54, 1.807) is 30.0 Å². The maximum Gasteiger partial charge on any atom is 0.270 e. The lowest BCUT2D eigenvalue weighted by Gasteiger charge is -2.10. The fourth-order valence-corrected chi connectivity index (χ4v) is 4.07. The van der Waals surface area contributed by atoms with Gasteiger partial charge < -0.3 is 5.32 Å². The summed E-state index contributed by atoms with van der Waals surface area (Å²) in [7, 11) is 0. The summed E-state index contributed by atoms with van der Waals surface area (Å²) >= 11 is 7.86. The molecule has 0 saturated heterocycles. The van der Waals surface area contributed by atoms with Gasteiger partial charge in [-0.3, -0.25) is 14.9 Å². The highest BCUT2D eigenvalue weighted by Crippen LogP contribution is 2.22.